The molecule has 3 rings (SSSR count). The lowest BCUT2D eigenvalue weighted by Gasteiger charge is -2.60. The van der Waals surface area contributed by atoms with Crippen LogP contribution in [0.5, 0.6) is 0 Å². The summed E-state index contributed by atoms with van der Waals surface area (Å²) in [5.41, 5.74) is 0.324. The molecular weight excluding hydrogens is 378 g/mol. The second-order valence-electron chi connectivity index (χ2n) is 4.07. The van der Waals surface area contributed by atoms with Gasteiger partial charge in [0.05, 0.1) is 5.54 Å². The normalized spacial score (nSPS) is 43.0. The van der Waals surface area contributed by atoms with Gasteiger partial charge in [0.2, 0.25) is 0 Å². The minimum Gasteiger partial charge on any atom is -0.292 e. The second-order valence-corrected chi connectivity index (χ2v) is 9.26. The van der Waals surface area contributed by atoms with E-state index in [1.807, 2.05) is 0 Å². The van der Waals surface area contributed by atoms with Gasteiger partial charge in [0.1, 0.15) is 1.55 Å². The van der Waals surface area contributed by atoms with Gasteiger partial charge in [0.15, 0.2) is 0 Å². The van der Waals surface area contributed by atoms with Gasteiger partial charge < -0.3 is 0 Å². The van der Waals surface area contributed by atoms with Crippen LogP contribution in [0.4, 0.5) is 0 Å². The summed E-state index contributed by atoms with van der Waals surface area (Å²) in [5.74, 6) is 0. The fraction of sp³-hybridized carbons (Fsp3) is 1.00. The van der Waals surface area contributed by atoms with Crippen molar-refractivity contribution in [2.75, 3.05) is 26.2 Å². The van der Waals surface area contributed by atoms with E-state index in [1.54, 1.807) is 0 Å². The van der Waals surface area contributed by atoms with Crippen molar-refractivity contribution in [3.8, 4) is 0 Å². The van der Waals surface area contributed by atoms with Gasteiger partial charge in [-0.1, -0.05) is 0 Å². The van der Waals surface area contributed by atoms with Gasteiger partial charge in [-0.3, -0.25) is 9.80 Å². The van der Waals surface area contributed by atoms with Crippen LogP contribution in [-0.2, 0) is 0 Å². The molecule has 0 N–H and O–H groups in total. The molecule has 3 aliphatic heterocycles. The first-order valence-electron chi connectivity index (χ1n) is 4.34. The molecule has 0 spiro atoms. The smallest absolute Gasteiger partial charge is 0.143 e. The van der Waals surface area contributed by atoms with Crippen LogP contribution in [0.25, 0.3) is 0 Å². The molecule has 2 bridgehead atoms. The van der Waals surface area contributed by atoms with Crippen molar-refractivity contribution in [1.29, 1.82) is 0 Å². The molecule has 0 aromatic carbocycles. The topological polar surface area (TPSA) is 6.48 Å². The molecule has 0 radical (unpaired) electrons. The lowest BCUT2D eigenvalue weighted by atomic mass is 9.95. The van der Waals surface area contributed by atoms with Crippen LogP contribution < -0.4 is 0 Å². The first kappa shape index (κ1) is 9.92. The van der Waals surface area contributed by atoms with Gasteiger partial charge in [0, 0.05) is 26.2 Å². The summed E-state index contributed by atoms with van der Waals surface area (Å²) >= 11 is 5.19. The van der Waals surface area contributed by atoms with Crippen molar-refractivity contribution in [2.24, 2.45) is 0 Å². The molecule has 2 nitrogen and oxygen atoms in total. The molecular formula is C8H14I2N2. The third-order valence-electron chi connectivity index (χ3n) is 3.20. The van der Waals surface area contributed by atoms with Crippen molar-refractivity contribution >= 4 is 45.2 Å². The molecule has 0 atom stereocenters. The number of piperazine rings is 3. The minimum atomic E-state index is 0.291. The fourth-order valence-corrected chi connectivity index (χ4v) is 3.77. The molecule has 0 aromatic rings. The molecule has 0 amide bonds. The molecule has 12 heavy (non-hydrogen) atoms. The number of rotatable bonds is 0. The standard InChI is InChI=1S/C8H14I2N2/c1-7(2)8(9,10)12-5-3-11(7)4-6-12/h3-6H2,1-2H3. The predicted octanol–water partition coefficient (Wildman–Crippen LogP) is 1.92. The van der Waals surface area contributed by atoms with Crippen molar-refractivity contribution in [3.63, 3.8) is 0 Å². The average Bonchev–Trinajstić information content (AvgIpc) is 2.02. The van der Waals surface area contributed by atoms with E-state index in [0.29, 0.717) is 7.09 Å². The van der Waals surface area contributed by atoms with E-state index in [0.717, 1.165) is 0 Å². The largest absolute Gasteiger partial charge is 0.292 e. The van der Waals surface area contributed by atoms with E-state index >= 15 is 0 Å². The molecule has 4 heteroatoms. The zero-order valence-electron chi connectivity index (χ0n) is 7.48. The first-order chi connectivity index (χ1) is 5.46. The number of halogens is 2. The summed E-state index contributed by atoms with van der Waals surface area (Å²) in [6.45, 7) is 9.71. The van der Waals surface area contributed by atoms with Gasteiger partial charge >= 0.3 is 0 Å². The fourth-order valence-electron chi connectivity index (χ4n) is 2.12. The monoisotopic (exact) mass is 392 g/mol. The summed E-state index contributed by atoms with van der Waals surface area (Å²) in [6, 6.07) is 0. The minimum absolute atomic E-state index is 0.291. The Morgan fingerprint density at radius 1 is 0.917 bits per heavy atom. The molecule has 70 valence electrons. The third kappa shape index (κ3) is 1.17. The van der Waals surface area contributed by atoms with Crippen LogP contribution in [-0.4, -0.2) is 43.1 Å². The number of hydrogen-bond acceptors (Lipinski definition) is 2. The van der Waals surface area contributed by atoms with Gasteiger partial charge in [-0.05, 0) is 59.0 Å². The van der Waals surface area contributed by atoms with E-state index in [9.17, 15) is 0 Å². The van der Waals surface area contributed by atoms with Crippen molar-refractivity contribution < 1.29 is 0 Å². The molecule has 3 saturated heterocycles. The molecule has 0 unspecified atom stereocenters. The van der Waals surface area contributed by atoms with Crippen molar-refractivity contribution in [2.45, 2.75) is 20.9 Å². The van der Waals surface area contributed by atoms with Crippen molar-refractivity contribution in [1.82, 2.24) is 9.80 Å². The first-order valence-corrected chi connectivity index (χ1v) is 6.50. The van der Waals surface area contributed by atoms with Crippen LogP contribution >= 0.6 is 45.2 Å². The molecule has 0 aromatic heterocycles. The van der Waals surface area contributed by atoms with Crippen LogP contribution in [0.15, 0.2) is 0 Å². The highest BCUT2D eigenvalue weighted by Gasteiger charge is 2.54. The lowest BCUT2D eigenvalue weighted by molar-refractivity contribution is -0.0496. The maximum Gasteiger partial charge on any atom is 0.143 e. The molecule has 3 fully saturated rings. The van der Waals surface area contributed by atoms with Gasteiger partial charge in [-0.15, -0.1) is 0 Å². The maximum absolute atomic E-state index is 2.62. The van der Waals surface area contributed by atoms with Gasteiger partial charge in [-0.2, -0.15) is 0 Å². The van der Waals surface area contributed by atoms with E-state index in [2.05, 4.69) is 68.8 Å². The maximum atomic E-state index is 2.62. The molecule has 3 heterocycles. The summed E-state index contributed by atoms with van der Waals surface area (Å²) in [4.78, 5) is 5.22. The zero-order chi connectivity index (χ0) is 8.98. The Hall–Kier alpha value is 1.38. The Morgan fingerprint density at radius 2 is 1.33 bits per heavy atom. The molecule has 0 saturated carbocycles. The number of fused-ring (bicyclic) bond motifs is 3. The Bertz CT molecular complexity index is 173. The van der Waals surface area contributed by atoms with E-state index < -0.39 is 0 Å². The highest BCUT2D eigenvalue weighted by atomic mass is 127. The summed E-state index contributed by atoms with van der Waals surface area (Å²) < 4.78 is 0.291. The average molecular weight is 392 g/mol. The Morgan fingerprint density at radius 3 is 1.58 bits per heavy atom. The summed E-state index contributed by atoms with van der Waals surface area (Å²) in [6.07, 6.45) is 0. The Balaban J connectivity index is 2.35. The number of nitrogens with zero attached hydrogens (tertiary/aromatic N) is 2. The van der Waals surface area contributed by atoms with Crippen LogP contribution in [0.3, 0.4) is 0 Å². The number of alkyl halides is 2. The summed E-state index contributed by atoms with van der Waals surface area (Å²) in [7, 11) is 0. The Labute approximate surface area is 101 Å². The highest BCUT2D eigenvalue weighted by Crippen LogP contribution is 2.49. The second kappa shape index (κ2) is 2.93. The highest BCUT2D eigenvalue weighted by molar-refractivity contribution is 14.2. The predicted molar refractivity (Wildman–Crippen MR) is 68.0 cm³/mol. The van der Waals surface area contributed by atoms with Crippen LogP contribution in [0.1, 0.15) is 13.8 Å². The summed E-state index contributed by atoms with van der Waals surface area (Å²) in [5, 5.41) is 0. The van der Waals surface area contributed by atoms with Gasteiger partial charge in [0.25, 0.3) is 0 Å². The lowest BCUT2D eigenvalue weighted by Crippen LogP contribution is -2.73. The molecule has 3 aliphatic rings. The number of hydrogen-bond donors (Lipinski definition) is 0. The van der Waals surface area contributed by atoms with E-state index in [1.165, 1.54) is 26.2 Å². The SMILES string of the molecule is CC1(C)N2CCN(CC2)C1(I)I. The third-order valence-corrected chi connectivity index (χ3v) is 7.21. The quantitative estimate of drug-likeness (QED) is 0.353. The van der Waals surface area contributed by atoms with Gasteiger partial charge in [-0.25, -0.2) is 0 Å². The van der Waals surface area contributed by atoms with E-state index in [-0.39, 0.29) is 0 Å². The molecule has 0 aliphatic carbocycles. The zero-order valence-corrected chi connectivity index (χ0v) is 11.8. The van der Waals surface area contributed by atoms with Crippen LogP contribution in [0, 0.1) is 0 Å². The Kier molecular flexibility index (Phi) is 2.42. The van der Waals surface area contributed by atoms with Crippen LogP contribution in [0.2, 0.25) is 0 Å². The van der Waals surface area contributed by atoms with Crippen molar-refractivity contribution in [3.05, 3.63) is 0 Å². The van der Waals surface area contributed by atoms with E-state index in [4.69, 9.17) is 0 Å².